The summed E-state index contributed by atoms with van der Waals surface area (Å²) in [5.74, 6) is 0.139. The zero-order chi connectivity index (χ0) is 15.1. The van der Waals surface area contributed by atoms with E-state index >= 15 is 0 Å². The first kappa shape index (κ1) is 16.1. The third-order valence-electron chi connectivity index (χ3n) is 3.47. The Labute approximate surface area is 118 Å². The SMILES string of the molecule is CCCCCC(CC)c1cc([N+](=O)[O-])cc([N+](=O)[O-])c1. The highest BCUT2D eigenvalue weighted by Crippen LogP contribution is 2.32. The van der Waals surface area contributed by atoms with Crippen molar-refractivity contribution in [1.29, 1.82) is 0 Å². The summed E-state index contributed by atoms with van der Waals surface area (Å²) < 4.78 is 0. The van der Waals surface area contributed by atoms with Crippen LogP contribution in [0.2, 0.25) is 0 Å². The number of benzene rings is 1. The highest BCUT2D eigenvalue weighted by Gasteiger charge is 2.20. The topological polar surface area (TPSA) is 86.3 Å². The average molecular weight is 280 g/mol. The first-order valence-electron chi connectivity index (χ1n) is 6.93. The van der Waals surface area contributed by atoms with Gasteiger partial charge in [0.15, 0.2) is 0 Å². The van der Waals surface area contributed by atoms with E-state index in [2.05, 4.69) is 6.92 Å². The first-order valence-corrected chi connectivity index (χ1v) is 6.93. The molecule has 0 amide bonds. The fourth-order valence-electron chi connectivity index (χ4n) is 2.31. The van der Waals surface area contributed by atoms with Crippen LogP contribution in [0.15, 0.2) is 18.2 Å². The zero-order valence-corrected chi connectivity index (χ0v) is 11.9. The third-order valence-corrected chi connectivity index (χ3v) is 3.47. The van der Waals surface area contributed by atoms with Crippen molar-refractivity contribution in [2.24, 2.45) is 0 Å². The fraction of sp³-hybridized carbons (Fsp3) is 0.571. The number of rotatable bonds is 8. The van der Waals surface area contributed by atoms with E-state index in [1.54, 1.807) is 0 Å². The number of nitrogens with zero attached hydrogens (tertiary/aromatic N) is 2. The van der Waals surface area contributed by atoms with E-state index in [0.717, 1.165) is 38.2 Å². The predicted molar refractivity (Wildman–Crippen MR) is 76.9 cm³/mol. The van der Waals surface area contributed by atoms with Gasteiger partial charge in [-0.15, -0.1) is 0 Å². The summed E-state index contributed by atoms with van der Waals surface area (Å²) in [6.45, 7) is 4.11. The van der Waals surface area contributed by atoms with Crippen LogP contribution in [-0.4, -0.2) is 9.85 Å². The van der Waals surface area contributed by atoms with E-state index < -0.39 is 9.85 Å². The molecule has 1 aromatic rings. The normalized spacial score (nSPS) is 12.1. The van der Waals surface area contributed by atoms with Crippen LogP contribution < -0.4 is 0 Å². The van der Waals surface area contributed by atoms with Crippen LogP contribution in [0, 0.1) is 20.2 Å². The second-order valence-corrected chi connectivity index (χ2v) is 4.90. The summed E-state index contributed by atoms with van der Waals surface area (Å²) in [6, 6.07) is 3.95. The Balaban J connectivity index is 3.06. The van der Waals surface area contributed by atoms with Gasteiger partial charge in [-0.25, -0.2) is 0 Å². The van der Waals surface area contributed by atoms with Crippen molar-refractivity contribution in [3.05, 3.63) is 44.0 Å². The molecule has 6 heteroatoms. The van der Waals surface area contributed by atoms with Gasteiger partial charge in [-0.1, -0.05) is 33.1 Å². The molecule has 1 unspecified atom stereocenters. The summed E-state index contributed by atoms with van der Waals surface area (Å²) >= 11 is 0. The maximum absolute atomic E-state index is 10.9. The predicted octanol–water partition coefficient (Wildman–Crippen LogP) is 4.58. The number of nitro groups is 2. The molecule has 6 nitrogen and oxygen atoms in total. The summed E-state index contributed by atoms with van der Waals surface area (Å²) in [7, 11) is 0. The fourth-order valence-corrected chi connectivity index (χ4v) is 2.31. The molecule has 110 valence electrons. The van der Waals surface area contributed by atoms with Gasteiger partial charge < -0.3 is 0 Å². The zero-order valence-electron chi connectivity index (χ0n) is 11.9. The number of unbranched alkanes of at least 4 members (excludes halogenated alkanes) is 2. The molecule has 1 aromatic carbocycles. The lowest BCUT2D eigenvalue weighted by molar-refractivity contribution is -0.394. The minimum absolute atomic E-state index is 0.139. The van der Waals surface area contributed by atoms with Crippen molar-refractivity contribution in [3.8, 4) is 0 Å². The second-order valence-electron chi connectivity index (χ2n) is 4.90. The molecule has 0 aromatic heterocycles. The molecule has 1 atom stereocenters. The molecule has 20 heavy (non-hydrogen) atoms. The van der Waals surface area contributed by atoms with Gasteiger partial charge in [-0.3, -0.25) is 20.2 Å². The first-order chi connectivity index (χ1) is 9.49. The van der Waals surface area contributed by atoms with Gasteiger partial charge in [0.05, 0.1) is 15.9 Å². The van der Waals surface area contributed by atoms with E-state index in [9.17, 15) is 20.2 Å². The molecule has 0 fully saturated rings. The van der Waals surface area contributed by atoms with E-state index in [1.807, 2.05) is 6.92 Å². The molecule has 1 rings (SSSR count). The van der Waals surface area contributed by atoms with E-state index in [0.29, 0.717) is 5.56 Å². The Morgan fingerprint density at radius 1 is 1.00 bits per heavy atom. The number of hydrogen-bond donors (Lipinski definition) is 0. The van der Waals surface area contributed by atoms with E-state index in [-0.39, 0.29) is 17.3 Å². The summed E-state index contributed by atoms with van der Waals surface area (Å²) in [5, 5.41) is 21.8. The molecule has 0 heterocycles. The summed E-state index contributed by atoms with van der Waals surface area (Å²) in [5.41, 5.74) is 0.288. The van der Waals surface area contributed by atoms with Crippen molar-refractivity contribution in [2.45, 2.75) is 51.9 Å². The summed E-state index contributed by atoms with van der Waals surface area (Å²) in [6.07, 6.45) is 4.97. The van der Waals surface area contributed by atoms with Crippen LogP contribution in [0.1, 0.15) is 57.4 Å². The van der Waals surface area contributed by atoms with Crippen LogP contribution in [0.4, 0.5) is 11.4 Å². The van der Waals surface area contributed by atoms with Crippen molar-refractivity contribution < 1.29 is 9.85 Å². The maximum Gasteiger partial charge on any atom is 0.276 e. The smallest absolute Gasteiger partial charge is 0.258 e. The van der Waals surface area contributed by atoms with Gasteiger partial charge in [0.1, 0.15) is 0 Å². The minimum Gasteiger partial charge on any atom is -0.258 e. The highest BCUT2D eigenvalue weighted by atomic mass is 16.6. The highest BCUT2D eigenvalue weighted by molar-refractivity contribution is 5.47. The maximum atomic E-state index is 10.9. The largest absolute Gasteiger partial charge is 0.276 e. The Kier molecular flexibility index (Phi) is 6.09. The number of non-ortho nitro benzene ring substituents is 2. The van der Waals surface area contributed by atoms with Gasteiger partial charge >= 0.3 is 0 Å². The molecule has 0 aliphatic heterocycles. The minimum atomic E-state index is -0.574. The van der Waals surface area contributed by atoms with Crippen molar-refractivity contribution in [3.63, 3.8) is 0 Å². The molecular formula is C14H20N2O4. The molecule has 0 aliphatic rings. The van der Waals surface area contributed by atoms with Crippen molar-refractivity contribution in [1.82, 2.24) is 0 Å². The van der Waals surface area contributed by atoms with Crippen molar-refractivity contribution in [2.75, 3.05) is 0 Å². The van der Waals surface area contributed by atoms with Gasteiger partial charge in [0.25, 0.3) is 11.4 Å². The molecule has 0 N–H and O–H groups in total. The van der Waals surface area contributed by atoms with Crippen LogP contribution >= 0.6 is 0 Å². The Hall–Kier alpha value is -1.98. The van der Waals surface area contributed by atoms with Crippen LogP contribution in [0.3, 0.4) is 0 Å². The quantitative estimate of drug-likeness (QED) is 0.396. The molecule has 0 bridgehead atoms. The number of hydrogen-bond acceptors (Lipinski definition) is 4. The van der Waals surface area contributed by atoms with Crippen molar-refractivity contribution >= 4 is 11.4 Å². The molecular weight excluding hydrogens is 260 g/mol. The molecule has 0 radical (unpaired) electrons. The van der Waals surface area contributed by atoms with Gasteiger partial charge in [0.2, 0.25) is 0 Å². The molecule has 0 spiro atoms. The summed E-state index contributed by atoms with van der Waals surface area (Å²) in [4.78, 5) is 20.6. The lowest BCUT2D eigenvalue weighted by Gasteiger charge is -2.14. The van der Waals surface area contributed by atoms with Gasteiger partial charge in [-0.2, -0.15) is 0 Å². The Morgan fingerprint density at radius 2 is 1.55 bits per heavy atom. The van der Waals surface area contributed by atoms with E-state index in [4.69, 9.17) is 0 Å². The van der Waals surface area contributed by atoms with Crippen LogP contribution in [-0.2, 0) is 0 Å². The van der Waals surface area contributed by atoms with E-state index in [1.165, 1.54) is 12.1 Å². The van der Waals surface area contributed by atoms with Gasteiger partial charge in [0, 0.05) is 12.1 Å². The monoisotopic (exact) mass is 280 g/mol. The molecule has 0 aliphatic carbocycles. The number of nitro benzene ring substituents is 2. The van der Waals surface area contributed by atoms with Gasteiger partial charge in [-0.05, 0) is 24.3 Å². The van der Waals surface area contributed by atoms with Crippen LogP contribution in [0.5, 0.6) is 0 Å². The molecule has 0 saturated heterocycles. The van der Waals surface area contributed by atoms with Crippen LogP contribution in [0.25, 0.3) is 0 Å². The lowest BCUT2D eigenvalue weighted by Crippen LogP contribution is -2.01. The third kappa shape index (κ3) is 4.29. The Bertz CT molecular complexity index is 456. The Morgan fingerprint density at radius 3 is 1.95 bits per heavy atom. The average Bonchev–Trinajstić information content (AvgIpc) is 2.43. The lowest BCUT2D eigenvalue weighted by atomic mass is 9.90. The molecule has 0 saturated carbocycles. The standard InChI is InChI=1S/C14H20N2O4/c1-3-5-6-7-11(4-2)12-8-13(15(17)18)10-14(9-12)16(19)20/h8-11H,3-7H2,1-2H3. The second kappa shape index (κ2) is 7.57.